The van der Waals surface area contributed by atoms with Gasteiger partial charge in [0.25, 0.3) is 0 Å². The van der Waals surface area contributed by atoms with Crippen molar-refractivity contribution in [3.05, 3.63) is 40.6 Å². The molecule has 2 aromatic rings. The van der Waals surface area contributed by atoms with Crippen LogP contribution < -0.4 is 4.74 Å². The molecule has 2 rings (SSSR count). The van der Waals surface area contributed by atoms with Crippen molar-refractivity contribution in [3.63, 3.8) is 0 Å². The SMILES string of the molecule is CC(C)n1cc(Oc2cccc(Br)c2C(=O)O)cn1. The van der Waals surface area contributed by atoms with E-state index in [0.29, 0.717) is 10.2 Å². The summed E-state index contributed by atoms with van der Waals surface area (Å²) in [6.45, 7) is 4.00. The molecule has 0 atom stereocenters. The van der Waals surface area contributed by atoms with Crippen LogP contribution in [-0.2, 0) is 0 Å². The molecule has 0 saturated heterocycles. The molecule has 0 aliphatic rings. The molecule has 1 N–H and O–H groups in total. The maximum absolute atomic E-state index is 11.2. The molecular formula is C13H13BrN2O3. The summed E-state index contributed by atoms with van der Waals surface area (Å²) < 4.78 is 7.81. The first-order chi connectivity index (χ1) is 8.99. The molecular weight excluding hydrogens is 312 g/mol. The lowest BCUT2D eigenvalue weighted by molar-refractivity contribution is 0.0693. The number of aromatic carboxylic acids is 1. The number of carboxylic acid groups (broad SMARTS) is 1. The van der Waals surface area contributed by atoms with Crippen molar-refractivity contribution < 1.29 is 14.6 Å². The molecule has 1 heterocycles. The number of aromatic nitrogens is 2. The van der Waals surface area contributed by atoms with Crippen LogP contribution in [0.5, 0.6) is 11.5 Å². The Bertz CT molecular complexity index is 608. The Balaban J connectivity index is 2.32. The van der Waals surface area contributed by atoms with Crippen LogP contribution in [0.1, 0.15) is 30.2 Å². The van der Waals surface area contributed by atoms with E-state index in [1.807, 2.05) is 13.8 Å². The van der Waals surface area contributed by atoms with Crippen LogP contribution in [-0.4, -0.2) is 20.9 Å². The summed E-state index contributed by atoms with van der Waals surface area (Å²) in [6, 6.07) is 5.21. The Labute approximate surface area is 118 Å². The van der Waals surface area contributed by atoms with Gasteiger partial charge in [-0.15, -0.1) is 0 Å². The van der Waals surface area contributed by atoms with Gasteiger partial charge >= 0.3 is 5.97 Å². The first kappa shape index (κ1) is 13.6. The normalized spacial score (nSPS) is 10.7. The summed E-state index contributed by atoms with van der Waals surface area (Å²) in [5.41, 5.74) is 0.0970. The highest BCUT2D eigenvalue weighted by molar-refractivity contribution is 9.10. The van der Waals surface area contributed by atoms with Gasteiger partial charge in [-0.05, 0) is 41.9 Å². The Morgan fingerprint density at radius 2 is 2.21 bits per heavy atom. The maximum Gasteiger partial charge on any atom is 0.340 e. The summed E-state index contributed by atoms with van der Waals surface area (Å²) in [6.07, 6.45) is 3.30. The molecule has 1 aromatic heterocycles. The number of hydrogen-bond donors (Lipinski definition) is 1. The standard InChI is InChI=1S/C13H13BrN2O3/c1-8(2)16-7-9(6-15-16)19-11-5-3-4-10(14)12(11)13(17)18/h3-8H,1-2H3,(H,17,18). The summed E-state index contributed by atoms with van der Waals surface area (Å²) in [5, 5.41) is 13.3. The second-order valence-electron chi connectivity index (χ2n) is 4.27. The van der Waals surface area contributed by atoms with Crippen LogP contribution in [0.15, 0.2) is 35.1 Å². The molecule has 0 aliphatic carbocycles. The minimum Gasteiger partial charge on any atom is -0.478 e. The van der Waals surface area contributed by atoms with Gasteiger partial charge in [-0.3, -0.25) is 4.68 Å². The Hall–Kier alpha value is -1.82. The molecule has 0 fully saturated rings. The number of nitrogens with zero attached hydrogens (tertiary/aromatic N) is 2. The van der Waals surface area contributed by atoms with Gasteiger partial charge in [0.2, 0.25) is 0 Å². The predicted molar refractivity (Wildman–Crippen MR) is 73.8 cm³/mol. The van der Waals surface area contributed by atoms with Crippen LogP contribution in [0.2, 0.25) is 0 Å². The van der Waals surface area contributed by atoms with Crippen LogP contribution >= 0.6 is 15.9 Å². The molecule has 0 radical (unpaired) electrons. The fraction of sp³-hybridized carbons (Fsp3) is 0.231. The highest BCUT2D eigenvalue weighted by Crippen LogP contribution is 2.30. The monoisotopic (exact) mass is 324 g/mol. The van der Waals surface area contributed by atoms with E-state index in [0.717, 1.165) is 0 Å². The molecule has 0 spiro atoms. The van der Waals surface area contributed by atoms with Crippen LogP contribution in [0.25, 0.3) is 0 Å². The number of benzene rings is 1. The van der Waals surface area contributed by atoms with Gasteiger partial charge in [-0.2, -0.15) is 5.10 Å². The van der Waals surface area contributed by atoms with Crippen molar-refractivity contribution >= 4 is 21.9 Å². The molecule has 0 amide bonds. The minimum atomic E-state index is -1.04. The minimum absolute atomic E-state index is 0.0970. The van der Waals surface area contributed by atoms with E-state index in [-0.39, 0.29) is 17.4 Å². The van der Waals surface area contributed by atoms with Gasteiger partial charge in [-0.1, -0.05) is 6.07 Å². The van der Waals surface area contributed by atoms with Gasteiger partial charge in [0.05, 0.1) is 12.4 Å². The van der Waals surface area contributed by atoms with E-state index in [1.165, 1.54) is 0 Å². The Kier molecular flexibility index (Phi) is 3.90. The van der Waals surface area contributed by atoms with E-state index in [1.54, 1.807) is 35.3 Å². The van der Waals surface area contributed by atoms with Crippen LogP contribution in [0, 0.1) is 0 Å². The quantitative estimate of drug-likeness (QED) is 0.930. The molecule has 19 heavy (non-hydrogen) atoms. The second-order valence-corrected chi connectivity index (χ2v) is 5.12. The lowest BCUT2D eigenvalue weighted by Crippen LogP contribution is -2.01. The van der Waals surface area contributed by atoms with E-state index in [2.05, 4.69) is 21.0 Å². The lowest BCUT2D eigenvalue weighted by atomic mass is 10.2. The number of carboxylic acids is 1. The fourth-order valence-electron chi connectivity index (χ4n) is 1.58. The third kappa shape index (κ3) is 2.96. The summed E-state index contributed by atoms with van der Waals surface area (Å²) in [5.74, 6) is -0.252. The fourth-order valence-corrected chi connectivity index (χ4v) is 2.10. The van der Waals surface area contributed by atoms with E-state index in [4.69, 9.17) is 4.74 Å². The lowest BCUT2D eigenvalue weighted by Gasteiger charge is -2.08. The molecule has 1 aromatic carbocycles. The molecule has 0 unspecified atom stereocenters. The number of halogens is 1. The zero-order chi connectivity index (χ0) is 14.0. The largest absolute Gasteiger partial charge is 0.478 e. The Morgan fingerprint density at radius 1 is 1.47 bits per heavy atom. The summed E-state index contributed by atoms with van der Waals surface area (Å²) in [7, 11) is 0. The highest BCUT2D eigenvalue weighted by Gasteiger charge is 2.16. The predicted octanol–water partition coefficient (Wildman–Crippen LogP) is 3.72. The van der Waals surface area contributed by atoms with Gasteiger partial charge < -0.3 is 9.84 Å². The smallest absolute Gasteiger partial charge is 0.340 e. The van der Waals surface area contributed by atoms with E-state index >= 15 is 0 Å². The molecule has 0 aliphatic heterocycles. The first-order valence-electron chi connectivity index (χ1n) is 5.73. The topological polar surface area (TPSA) is 64.3 Å². The third-order valence-electron chi connectivity index (χ3n) is 2.52. The Morgan fingerprint density at radius 3 is 2.79 bits per heavy atom. The number of rotatable bonds is 4. The van der Waals surface area contributed by atoms with Crippen molar-refractivity contribution in [1.29, 1.82) is 0 Å². The van der Waals surface area contributed by atoms with Crippen molar-refractivity contribution in [2.45, 2.75) is 19.9 Å². The first-order valence-corrected chi connectivity index (χ1v) is 6.52. The van der Waals surface area contributed by atoms with Gasteiger partial charge in [0.15, 0.2) is 5.75 Å². The number of hydrogen-bond acceptors (Lipinski definition) is 3. The van der Waals surface area contributed by atoms with E-state index in [9.17, 15) is 9.90 Å². The molecule has 0 bridgehead atoms. The van der Waals surface area contributed by atoms with Crippen molar-refractivity contribution in [1.82, 2.24) is 9.78 Å². The van der Waals surface area contributed by atoms with Crippen LogP contribution in [0.3, 0.4) is 0 Å². The average Bonchev–Trinajstić information content (AvgIpc) is 2.77. The van der Waals surface area contributed by atoms with Crippen LogP contribution in [0.4, 0.5) is 0 Å². The van der Waals surface area contributed by atoms with Crippen molar-refractivity contribution in [2.24, 2.45) is 0 Å². The summed E-state index contributed by atoms with van der Waals surface area (Å²) >= 11 is 3.21. The maximum atomic E-state index is 11.2. The number of carbonyl (C=O) groups is 1. The van der Waals surface area contributed by atoms with Gasteiger partial charge in [0.1, 0.15) is 11.3 Å². The molecule has 6 heteroatoms. The van der Waals surface area contributed by atoms with Gasteiger partial charge in [0, 0.05) is 10.5 Å². The second kappa shape index (κ2) is 5.44. The number of ether oxygens (including phenoxy) is 1. The molecule has 5 nitrogen and oxygen atoms in total. The summed E-state index contributed by atoms with van der Waals surface area (Å²) in [4.78, 5) is 11.2. The van der Waals surface area contributed by atoms with Crippen molar-refractivity contribution in [2.75, 3.05) is 0 Å². The molecule has 100 valence electrons. The highest BCUT2D eigenvalue weighted by atomic mass is 79.9. The third-order valence-corrected chi connectivity index (χ3v) is 3.18. The van der Waals surface area contributed by atoms with Gasteiger partial charge in [-0.25, -0.2) is 4.79 Å². The average molecular weight is 325 g/mol. The molecule has 0 saturated carbocycles. The van der Waals surface area contributed by atoms with E-state index < -0.39 is 5.97 Å². The van der Waals surface area contributed by atoms with Crippen molar-refractivity contribution in [3.8, 4) is 11.5 Å². The zero-order valence-corrected chi connectivity index (χ0v) is 12.1. The zero-order valence-electron chi connectivity index (χ0n) is 10.5.